The molecule has 2 aliphatic rings. The number of hydrogen-bond acceptors (Lipinski definition) is 6. The summed E-state index contributed by atoms with van der Waals surface area (Å²) >= 11 is 1.54. The van der Waals surface area contributed by atoms with E-state index in [9.17, 15) is 14.4 Å². The highest BCUT2D eigenvalue weighted by atomic mass is 32.1. The Morgan fingerprint density at radius 1 is 0.824 bits per heavy atom. The van der Waals surface area contributed by atoms with Crippen molar-refractivity contribution in [3.8, 4) is 27.6 Å². The van der Waals surface area contributed by atoms with Gasteiger partial charge in [-0.1, -0.05) is 42.5 Å². The molecule has 0 spiro atoms. The van der Waals surface area contributed by atoms with Crippen LogP contribution in [0.15, 0.2) is 78.2 Å². The second kappa shape index (κ2) is 7.93. The molecule has 6 rings (SSSR count). The van der Waals surface area contributed by atoms with Gasteiger partial charge in [-0.05, 0) is 30.3 Å². The number of carbonyl (C=O) groups excluding carboxylic acids is 3. The first-order valence-corrected chi connectivity index (χ1v) is 11.5. The first kappa shape index (κ1) is 20.3. The second-order valence-electron chi connectivity index (χ2n) is 7.92. The lowest BCUT2D eigenvalue weighted by molar-refractivity contribution is -0.121. The summed E-state index contributed by atoms with van der Waals surface area (Å²) in [5.74, 6) is -0.642. The smallest absolute Gasteiger partial charge is 0.266 e. The van der Waals surface area contributed by atoms with Gasteiger partial charge in [0.05, 0.1) is 22.5 Å². The molecule has 0 radical (unpaired) electrons. The molecule has 0 atom stereocenters. The zero-order chi connectivity index (χ0) is 23.2. The van der Waals surface area contributed by atoms with E-state index >= 15 is 0 Å². The van der Waals surface area contributed by atoms with E-state index in [2.05, 4.69) is 0 Å². The number of nitrogens with zero attached hydrogens (tertiary/aromatic N) is 3. The monoisotopic (exact) mass is 467 g/mol. The van der Waals surface area contributed by atoms with E-state index < -0.39 is 11.8 Å². The van der Waals surface area contributed by atoms with Gasteiger partial charge in [0.15, 0.2) is 6.61 Å². The van der Waals surface area contributed by atoms with Gasteiger partial charge in [0.25, 0.3) is 17.7 Å². The topological polar surface area (TPSA) is 79.8 Å². The predicted octanol–water partition coefficient (Wildman–Crippen LogP) is 4.46. The van der Waals surface area contributed by atoms with Crippen molar-refractivity contribution in [3.05, 3.63) is 89.3 Å². The highest BCUT2D eigenvalue weighted by Gasteiger charge is 2.38. The zero-order valence-electron chi connectivity index (χ0n) is 17.8. The average molecular weight is 468 g/mol. The van der Waals surface area contributed by atoms with Gasteiger partial charge in [-0.15, -0.1) is 11.3 Å². The summed E-state index contributed by atoms with van der Waals surface area (Å²) in [5, 5.41) is 2.85. The Morgan fingerprint density at radius 3 is 2.26 bits per heavy atom. The van der Waals surface area contributed by atoms with Crippen molar-refractivity contribution in [2.75, 3.05) is 18.2 Å². The molecule has 34 heavy (non-hydrogen) atoms. The van der Waals surface area contributed by atoms with E-state index in [1.807, 2.05) is 47.8 Å². The van der Waals surface area contributed by atoms with Crippen LogP contribution >= 0.6 is 11.3 Å². The van der Waals surface area contributed by atoms with Crippen molar-refractivity contribution >= 4 is 34.7 Å². The molecule has 8 heteroatoms. The Labute approximate surface area is 198 Å². The third-order valence-electron chi connectivity index (χ3n) is 5.88. The van der Waals surface area contributed by atoms with Gasteiger partial charge in [-0.3, -0.25) is 24.2 Å². The predicted molar refractivity (Wildman–Crippen MR) is 128 cm³/mol. The van der Waals surface area contributed by atoms with Crippen LogP contribution in [-0.4, -0.2) is 40.9 Å². The molecule has 4 aromatic rings. The van der Waals surface area contributed by atoms with Crippen LogP contribution in [0.2, 0.25) is 0 Å². The van der Waals surface area contributed by atoms with E-state index in [0.29, 0.717) is 22.6 Å². The first-order chi connectivity index (χ1) is 16.6. The maximum absolute atomic E-state index is 12.9. The van der Waals surface area contributed by atoms with Crippen molar-refractivity contribution in [1.82, 2.24) is 9.88 Å². The molecule has 0 fully saturated rings. The van der Waals surface area contributed by atoms with Crippen LogP contribution in [0.1, 0.15) is 20.7 Å². The average Bonchev–Trinajstić information content (AvgIpc) is 3.46. The minimum absolute atomic E-state index is 0.162. The fraction of sp³-hybridized carbons (Fsp3) is 0.0769. The highest BCUT2D eigenvalue weighted by molar-refractivity contribution is 7.13. The lowest BCUT2D eigenvalue weighted by Crippen LogP contribution is -2.47. The van der Waals surface area contributed by atoms with E-state index in [1.165, 1.54) is 16.2 Å². The van der Waals surface area contributed by atoms with E-state index in [0.717, 1.165) is 26.7 Å². The van der Waals surface area contributed by atoms with Crippen molar-refractivity contribution in [2.45, 2.75) is 0 Å². The number of thiazole rings is 1. The van der Waals surface area contributed by atoms with Gasteiger partial charge in [0.2, 0.25) is 0 Å². The van der Waals surface area contributed by atoms with Crippen LogP contribution < -0.4 is 9.64 Å². The zero-order valence-corrected chi connectivity index (χ0v) is 18.6. The van der Waals surface area contributed by atoms with Crippen LogP contribution in [-0.2, 0) is 4.79 Å². The summed E-state index contributed by atoms with van der Waals surface area (Å²) in [6.45, 7) is -0.346. The van der Waals surface area contributed by atoms with Gasteiger partial charge < -0.3 is 4.74 Å². The third kappa shape index (κ3) is 3.27. The van der Waals surface area contributed by atoms with Gasteiger partial charge in [0, 0.05) is 16.5 Å². The third-order valence-corrected chi connectivity index (χ3v) is 6.78. The quantitative estimate of drug-likeness (QED) is 0.414. The molecule has 0 N–H and O–H groups in total. The van der Waals surface area contributed by atoms with Crippen molar-refractivity contribution < 1.29 is 19.1 Å². The molecule has 0 saturated carbocycles. The fourth-order valence-electron chi connectivity index (χ4n) is 4.15. The lowest BCUT2D eigenvalue weighted by atomic mass is 10.1. The van der Waals surface area contributed by atoms with Crippen molar-refractivity contribution in [2.24, 2.45) is 0 Å². The van der Waals surface area contributed by atoms with Gasteiger partial charge in [-0.2, -0.15) is 0 Å². The standard InChI is InChI=1S/C26H17N3O4S/c30-23-13-33-22-11-10-17(20-14-34-24(27-20)16-6-2-1-3-7-16)12-21(22)28(23)15-29-25(31)18-8-4-5-9-19(18)26(29)32/h1-12,14H,13,15H2. The minimum Gasteiger partial charge on any atom is -0.482 e. The van der Waals surface area contributed by atoms with E-state index in [4.69, 9.17) is 9.72 Å². The van der Waals surface area contributed by atoms with Gasteiger partial charge in [-0.25, -0.2) is 4.98 Å². The Hall–Kier alpha value is -4.30. The van der Waals surface area contributed by atoms with Crippen LogP contribution in [0, 0.1) is 0 Å². The van der Waals surface area contributed by atoms with Gasteiger partial charge >= 0.3 is 0 Å². The lowest BCUT2D eigenvalue weighted by Gasteiger charge is -2.32. The second-order valence-corrected chi connectivity index (χ2v) is 8.78. The number of imide groups is 1. The molecule has 0 bridgehead atoms. The maximum atomic E-state index is 12.9. The molecule has 166 valence electrons. The molecule has 2 aliphatic heterocycles. The number of rotatable bonds is 4. The number of anilines is 1. The number of benzene rings is 3. The summed E-state index contributed by atoms with van der Waals surface area (Å²) in [7, 11) is 0. The molecular formula is C26H17N3O4S. The van der Waals surface area contributed by atoms with Gasteiger partial charge in [0.1, 0.15) is 17.4 Å². The number of hydrogen-bond donors (Lipinski definition) is 0. The molecule has 0 unspecified atom stereocenters. The Morgan fingerprint density at radius 2 is 1.53 bits per heavy atom. The Balaban J connectivity index is 1.33. The van der Waals surface area contributed by atoms with Crippen molar-refractivity contribution in [3.63, 3.8) is 0 Å². The largest absolute Gasteiger partial charge is 0.482 e. The summed E-state index contributed by atoms with van der Waals surface area (Å²) in [5.41, 5.74) is 3.80. The number of fused-ring (bicyclic) bond motifs is 2. The molecule has 0 aliphatic carbocycles. The summed E-state index contributed by atoms with van der Waals surface area (Å²) < 4.78 is 5.61. The molecule has 3 amide bonds. The van der Waals surface area contributed by atoms with Crippen LogP contribution in [0.4, 0.5) is 5.69 Å². The maximum Gasteiger partial charge on any atom is 0.266 e. The SMILES string of the molecule is O=C1c2ccccc2C(=O)N1CN1C(=O)COc2ccc(-c3csc(-c4ccccc4)n3)cc21. The summed E-state index contributed by atoms with van der Waals surface area (Å²) in [6.07, 6.45) is 0. The minimum atomic E-state index is -0.412. The number of amides is 3. The first-order valence-electron chi connectivity index (χ1n) is 10.6. The molecule has 3 aromatic carbocycles. The number of carbonyl (C=O) groups is 3. The molecule has 1 aromatic heterocycles. The Kier molecular flexibility index (Phi) is 4.74. The van der Waals surface area contributed by atoms with Crippen LogP contribution in [0.5, 0.6) is 5.75 Å². The molecule has 0 saturated heterocycles. The van der Waals surface area contributed by atoms with E-state index in [-0.39, 0.29) is 19.2 Å². The van der Waals surface area contributed by atoms with E-state index in [1.54, 1.807) is 30.3 Å². The van der Waals surface area contributed by atoms with Crippen LogP contribution in [0.25, 0.3) is 21.8 Å². The number of aromatic nitrogens is 1. The Bertz CT molecular complexity index is 1430. The van der Waals surface area contributed by atoms with Crippen molar-refractivity contribution in [1.29, 1.82) is 0 Å². The molecule has 7 nitrogen and oxygen atoms in total. The number of ether oxygens (including phenoxy) is 1. The summed E-state index contributed by atoms with van der Waals surface area (Å²) in [4.78, 5) is 45.8. The molecular weight excluding hydrogens is 450 g/mol. The summed E-state index contributed by atoms with van der Waals surface area (Å²) in [6, 6.07) is 22.1. The highest BCUT2D eigenvalue weighted by Crippen LogP contribution is 2.38. The normalized spacial score (nSPS) is 14.8. The molecule has 3 heterocycles. The fourth-order valence-corrected chi connectivity index (χ4v) is 4.98. The van der Waals surface area contributed by atoms with Crippen LogP contribution in [0.3, 0.4) is 0 Å².